The monoisotopic (exact) mass is 291 g/mol. The molecule has 1 fully saturated rings. The fourth-order valence-electron chi connectivity index (χ4n) is 2.66. The van der Waals surface area contributed by atoms with E-state index < -0.39 is 0 Å². The highest BCUT2D eigenvalue weighted by Gasteiger charge is 2.23. The van der Waals surface area contributed by atoms with Crippen LogP contribution in [0.5, 0.6) is 5.75 Å². The summed E-state index contributed by atoms with van der Waals surface area (Å²) >= 11 is 0. The minimum atomic E-state index is -0.330. The SMILES string of the molecule is CC(C)(C)NCc1cccc(OC2CCCCCC2O)c1. The topological polar surface area (TPSA) is 41.5 Å². The second-order valence-corrected chi connectivity index (χ2v) is 7.11. The Morgan fingerprint density at radius 3 is 2.71 bits per heavy atom. The zero-order chi connectivity index (χ0) is 15.3. The first-order valence-electron chi connectivity index (χ1n) is 8.13. The number of rotatable bonds is 4. The lowest BCUT2D eigenvalue weighted by Crippen LogP contribution is -2.35. The summed E-state index contributed by atoms with van der Waals surface area (Å²) in [6.45, 7) is 7.31. The Kier molecular flexibility index (Phi) is 5.65. The summed E-state index contributed by atoms with van der Waals surface area (Å²) in [5, 5.41) is 13.6. The fourth-order valence-corrected chi connectivity index (χ4v) is 2.66. The van der Waals surface area contributed by atoms with E-state index in [9.17, 15) is 5.11 Å². The molecule has 2 unspecified atom stereocenters. The molecule has 0 aromatic heterocycles. The van der Waals surface area contributed by atoms with E-state index in [-0.39, 0.29) is 17.7 Å². The molecule has 1 aromatic carbocycles. The van der Waals surface area contributed by atoms with Crippen molar-refractivity contribution in [1.82, 2.24) is 5.32 Å². The number of ether oxygens (including phenoxy) is 1. The van der Waals surface area contributed by atoms with E-state index in [1.54, 1.807) is 0 Å². The van der Waals surface area contributed by atoms with Gasteiger partial charge in [-0.3, -0.25) is 0 Å². The molecule has 21 heavy (non-hydrogen) atoms. The molecule has 0 amide bonds. The highest BCUT2D eigenvalue weighted by molar-refractivity contribution is 5.28. The van der Waals surface area contributed by atoms with Crippen molar-refractivity contribution in [3.63, 3.8) is 0 Å². The highest BCUT2D eigenvalue weighted by Crippen LogP contribution is 2.24. The third-order valence-corrected chi connectivity index (χ3v) is 3.93. The first-order chi connectivity index (χ1) is 9.94. The summed E-state index contributed by atoms with van der Waals surface area (Å²) < 4.78 is 6.04. The van der Waals surface area contributed by atoms with Gasteiger partial charge in [0, 0.05) is 12.1 Å². The van der Waals surface area contributed by atoms with Crippen molar-refractivity contribution >= 4 is 0 Å². The second kappa shape index (κ2) is 7.28. The Bertz CT molecular complexity index is 439. The Hall–Kier alpha value is -1.06. The van der Waals surface area contributed by atoms with E-state index >= 15 is 0 Å². The van der Waals surface area contributed by atoms with Gasteiger partial charge in [-0.1, -0.05) is 25.0 Å². The van der Waals surface area contributed by atoms with Gasteiger partial charge in [-0.25, -0.2) is 0 Å². The molecular weight excluding hydrogens is 262 g/mol. The van der Waals surface area contributed by atoms with Gasteiger partial charge in [-0.15, -0.1) is 0 Å². The van der Waals surface area contributed by atoms with Crippen LogP contribution < -0.4 is 10.1 Å². The molecule has 0 bridgehead atoms. The molecule has 2 rings (SSSR count). The molecule has 0 spiro atoms. The Morgan fingerprint density at radius 1 is 1.19 bits per heavy atom. The molecular formula is C18H29NO2. The van der Waals surface area contributed by atoms with Gasteiger partial charge in [0.2, 0.25) is 0 Å². The summed E-state index contributed by atoms with van der Waals surface area (Å²) in [7, 11) is 0. The molecule has 1 aromatic rings. The quantitative estimate of drug-likeness (QED) is 0.832. The molecule has 0 heterocycles. The minimum Gasteiger partial charge on any atom is -0.488 e. The first-order valence-corrected chi connectivity index (χ1v) is 8.13. The van der Waals surface area contributed by atoms with Crippen molar-refractivity contribution < 1.29 is 9.84 Å². The average molecular weight is 291 g/mol. The first kappa shape index (κ1) is 16.3. The van der Waals surface area contributed by atoms with E-state index in [1.165, 1.54) is 12.0 Å². The molecule has 1 aliphatic carbocycles. The molecule has 1 saturated carbocycles. The van der Waals surface area contributed by atoms with Crippen LogP contribution >= 0.6 is 0 Å². The van der Waals surface area contributed by atoms with E-state index in [0.717, 1.165) is 38.0 Å². The number of nitrogens with one attached hydrogen (secondary N) is 1. The average Bonchev–Trinajstić information content (AvgIpc) is 2.62. The minimum absolute atomic E-state index is 0.0571. The summed E-state index contributed by atoms with van der Waals surface area (Å²) in [6.07, 6.45) is 4.87. The summed E-state index contributed by atoms with van der Waals surface area (Å²) in [6, 6.07) is 8.20. The predicted octanol–water partition coefficient (Wildman–Crippen LogP) is 3.65. The third-order valence-electron chi connectivity index (χ3n) is 3.93. The van der Waals surface area contributed by atoms with E-state index in [0.29, 0.717) is 0 Å². The summed E-state index contributed by atoms with van der Waals surface area (Å²) in [5.74, 6) is 0.870. The predicted molar refractivity (Wildman–Crippen MR) is 86.5 cm³/mol. The molecule has 2 N–H and O–H groups in total. The van der Waals surface area contributed by atoms with Crippen molar-refractivity contribution in [3.8, 4) is 5.75 Å². The van der Waals surface area contributed by atoms with Gasteiger partial charge < -0.3 is 15.2 Å². The number of hydrogen-bond donors (Lipinski definition) is 2. The zero-order valence-electron chi connectivity index (χ0n) is 13.6. The summed E-state index contributed by atoms with van der Waals surface area (Å²) in [4.78, 5) is 0. The molecule has 0 aliphatic heterocycles. The highest BCUT2D eigenvalue weighted by atomic mass is 16.5. The normalized spacial score (nSPS) is 23.6. The Labute approximate surface area is 128 Å². The fraction of sp³-hybridized carbons (Fsp3) is 0.667. The Balaban J connectivity index is 1.96. The van der Waals surface area contributed by atoms with Gasteiger partial charge in [-0.2, -0.15) is 0 Å². The van der Waals surface area contributed by atoms with Crippen molar-refractivity contribution in [1.29, 1.82) is 0 Å². The number of aliphatic hydroxyl groups excluding tert-OH is 1. The zero-order valence-corrected chi connectivity index (χ0v) is 13.6. The van der Waals surface area contributed by atoms with E-state index in [1.807, 2.05) is 12.1 Å². The van der Waals surface area contributed by atoms with Crippen molar-refractivity contribution in [2.45, 2.75) is 77.2 Å². The van der Waals surface area contributed by atoms with Crippen molar-refractivity contribution in [2.75, 3.05) is 0 Å². The van der Waals surface area contributed by atoms with Gasteiger partial charge >= 0.3 is 0 Å². The Morgan fingerprint density at radius 2 is 1.95 bits per heavy atom. The maximum Gasteiger partial charge on any atom is 0.124 e. The van der Waals surface area contributed by atoms with Crippen molar-refractivity contribution in [3.05, 3.63) is 29.8 Å². The maximum absolute atomic E-state index is 10.2. The molecule has 3 nitrogen and oxygen atoms in total. The van der Waals surface area contributed by atoms with Crippen LogP contribution in [-0.2, 0) is 6.54 Å². The lowest BCUT2D eigenvalue weighted by atomic mass is 10.1. The van der Waals surface area contributed by atoms with Crippen LogP contribution in [0.4, 0.5) is 0 Å². The van der Waals surface area contributed by atoms with Gasteiger partial charge in [0.1, 0.15) is 11.9 Å². The lowest BCUT2D eigenvalue weighted by Gasteiger charge is -2.23. The van der Waals surface area contributed by atoms with Gasteiger partial charge in [0.15, 0.2) is 0 Å². The van der Waals surface area contributed by atoms with Crippen LogP contribution in [0.25, 0.3) is 0 Å². The van der Waals surface area contributed by atoms with Crippen LogP contribution in [0, 0.1) is 0 Å². The summed E-state index contributed by atoms with van der Waals surface area (Å²) in [5.41, 5.74) is 1.32. The van der Waals surface area contributed by atoms with Crippen LogP contribution in [0.1, 0.15) is 58.4 Å². The van der Waals surface area contributed by atoms with Gasteiger partial charge in [0.05, 0.1) is 6.10 Å². The lowest BCUT2D eigenvalue weighted by molar-refractivity contribution is 0.0319. The third kappa shape index (κ3) is 5.68. The van der Waals surface area contributed by atoms with Crippen LogP contribution in [-0.4, -0.2) is 22.9 Å². The van der Waals surface area contributed by atoms with Crippen LogP contribution in [0.2, 0.25) is 0 Å². The molecule has 2 atom stereocenters. The largest absolute Gasteiger partial charge is 0.488 e. The van der Waals surface area contributed by atoms with E-state index in [4.69, 9.17) is 4.74 Å². The van der Waals surface area contributed by atoms with Gasteiger partial charge in [0.25, 0.3) is 0 Å². The number of aliphatic hydroxyl groups is 1. The molecule has 0 saturated heterocycles. The molecule has 3 heteroatoms. The molecule has 1 aliphatic rings. The number of benzene rings is 1. The smallest absolute Gasteiger partial charge is 0.124 e. The van der Waals surface area contributed by atoms with Crippen LogP contribution in [0.3, 0.4) is 0 Å². The van der Waals surface area contributed by atoms with Gasteiger partial charge in [-0.05, 0) is 57.7 Å². The van der Waals surface area contributed by atoms with Crippen LogP contribution in [0.15, 0.2) is 24.3 Å². The molecule has 0 radical (unpaired) electrons. The van der Waals surface area contributed by atoms with E-state index in [2.05, 4.69) is 38.2 Å². The second-order valence-electron chi connectivity index (χ2n) is 7.11. The molecule has 118 valence electrons. The number of hydrogen-bond acceptors (Lipinski definition) is 3. The van der Waals surface area contributed by atoms with Crippen molar-refractivity contribution in [2.24, 2.45) is 0 Å². The maximum atomic E-state index is 10.2. The standard InChI is InChI=1S/C18H29NO2/c1-18(2,3)19-13-14-8-7-9-15(12-14)21-17-11-6-4-5-10-16(17)20/h7-9,12,16-17,19-20H,4-6,10-11,13H2,1-3H3.